The maximum atomic E-state index is 13.3. The molecule has 4 rings (SSSR count). The lowest BCUT2D eigenvalue weighted by Gasteiger charge is -2.12. The SMILES string of the molecule is Cc1sc2c(c1C)c(=O)n(-c1ccc(Cl)cc1)c(=O)n2Cc1ccc(F)cc1. The molecule has 0 aliphatic carbocycles. The lowest BCUT2D eigenvalue weighted by atomic mass is 10.2. The minimum absolute atomic E-state index is 0.239. The average Bonchev–Trinajstić information content (AvgIpc) is 2.97. The standard InChI is InChI=1S/C21H16ClFN2O2S/c1-12-13(2)28-20-18(12)19(26)25(17-9-5-15(22)6-10-17)21(27)24(20)11-14-3-7-16(23)8-4-14/h3-10H,11H2,1-2H3. The number of aromatic nitrogens is 2. The van der Waals surface area contributed by atoms with Gasteiger partial charge in [0.25, 0.3) is 5.56 Å². The van der Waals surface area contributed by atoms with Gasteiger partial charge in [0.05, 0.1) is 17.6 Å². The van der Waals surface area contributed by atoms with Crippen molar-refractivity contribution in [3.8, 4) is 5.69 Å². The van der Waals surface area contributed by atoms with E-state index in [9.17, 15) is 14.0 Å². The number of benzene rings is 2. The Morgan fingerprint density at radius 1 is 1.00 bits per heavy atom. The van der Waals surface area contributed by atoms with Crippen LogP contribution in [0.25, 0.3) is 15.9 Å². The third kappa shape index (κ3) is 3.08. The molecule has 4 aromatic rings. The molecule has 0 saturated heterocycles. The Bertz CT molecular complexity index is 1300. The van der Waals surface area contributed by atoms with E-state index in [1.54, 1.807) is 41.0 Å². The second kappa shape index (κ2) is 7.04. The van der Waals surface area contributed by atoms with Crippen LogP contribution >= 0.6 is 22.9 Å². The van der Waals surface area contributed by atoms with Crippen molar-refractivity contribution in [2.24, 2.45) is 0 Å². The predicted octanol–water partition coefficient (Wildman–Crippen LogP) is 4.67. The van der Waals surface area contributed by atoms with Gasteiger partial charge in [0.2, 0.25) is 0 Å². The molecular formula is C21H16ClFN2O2S. The van der Waals surface area contributed by atoms with Gasteiger partial charge in [0, 0.05) is 9.90 Å². The molecule has 2 aromatic carbocycles. The van der Waals surface area contributed by atoms with E-state index < -0.39 is 5.69 Å². The lowest BCUT2D eigenvalue weighted by Crippen LogP contribution is -2.38. The Hall–Kier alpha value is -2.70. The van der Waals surface area contributed by atoms with E-state index in [0.29, 0.717) is 20.9 Å². The summed E-state index contributed by atoms with van der Waals surface area (Å²) in [5.41, 5.74) is 1.30. The second-order valence-corrected chi connectivity index (χ2v) is 8.22. The number of fused-ring (bicyclic) bond motifs is 1. The van der Waals surface area contributed by atoms with E-state index in [1.807, 2.05) is 13.8 Å². The Balaban J connectivity index is 2.04. The number of halogens is 2. The van der Waals surface area contributed by atoms with Crippen molar-refractivity contribution in [2.75, 3.05) is 0 Å². The molecule has 2 aromatic heterocycles. The third-order valence-electron chi connectivity index (χ3n) is 4.79. The van der Waals surface area contributed by atoms with E-state index in [0.717, 1.165) is 16.0 Å². The first kappa shape index (κ1) is 18.7. The van der Waals surface area contributed by atoms with Crippen molar-refractivity contribution in [3.05, 3.63) is 96.2 Å². The van der Waals surface area contributed by atoms with Crippen LogP contribution in [0.1, 0.15) is 16.0 Å². The fraction of sp³-hybridized carbons (Fsp3) is 0.143. The molecule has 4 nitrogen and oxygen atoms in total. The number of rotatable bonds is 3. The average molecular weight is 415 g/mol. The van der Waals surface area contributed by atoms with Gasteiger partial charge in [-0.3, -0.25) is 9.36 Å². The minimum atomic E-state index is -0.439. The fourth-order valence-corrected chi connectivity index (χ4v) is 4.45. The first-order chi connectivity index (χ1) is 13.4. The van der Waals surface area contributed by atoms with Crippen molar-refractivity contribution in [3.63, 3.8) is 0 Å². The Morgan fingerprint density at radius 2 is 1.64 bits per heavy atom. The van der Waals surface area contributed by atoms with Crippen LogP contribution < -0.4 is 11.2 Å². The maximum absolute atomic E-state index is 13.3. The van der Waals surface area contributed by atoms with Gasteiger partial charge in [-0.2, -0.15) is 0 Å². The number of nitrogens with zero attached hydrogens (tertiary/aromatic N) is 2. The highest BCUT2D eigenvalue weighted by molar-refractivity contribution is 7.18. The zero-order chi connectivity index (χ0) is 20.0. The van der Waals surface area contributed by atoms with Crippen molar-refractivity contribution in [1.82, 2.24) is 9.13 Å². The van der Waals surface area contributed by atoms with Gasteiger partial charge < -0.3 is 0 Å². The summed E-state index contributed by atoms with van der Waals surface area (Å²) in [6.07, 6.45) is 0. The minimum Gasteiger partial charge on any atom is -0.280 e. The Morgan fingerprint density at radius 3 is 2.29 bits per heavy atom. The molecule has 0 radical (unpaired) electrons. The van der Waals surface area contributed by atoms with Crippen molar-refractivity contribution in [1.29, 1.82) is 0 Å². The summed E-state index contributed by atoms with van der Waals surface area (Å²) in [6, 6.07) is 12.6. The number of aryl methyl sites for hydroxylation is 2. The van der Waals surface area contributed by atoms with Crippen LogP contribution in [0.2, 0.25) is 5.02 Å². The molecule has 0 saturated carbocycles. The van der Waals surface area contributed by atoms with Crippen LogP contribution in [0, 0.1) is 19.7 Å². The van der Waals surface area contributed by atoms with E-state index in [1.165, 1.54) is 28.0 Å². The summed E-state index contributed by atoms with van der Waals surface area (Å²) in [7, 11) is 0. The van der Waals surface area contributed by atoms with Crippen molar-refractivity contribution in [2.45, 2.75) is 20.4 Å². The van der Waals surface area contributed by atoms with Gasteiger partial charge in [-0.1, -0.05) is 23.7 Å². The van der Waals surface area contributed by atoms with Crippen LogP contribution in [0.3, 0.4) is 0 Å². The second-order valence-electron chi connectivity index (χ2n) is 6.58. The topological polar surface area (TPSA) is 44.0 Å². The van der Waals surface area contributed by atoms with Crippen LogP contribution in [0.15, 0.2) is 58.1 Å². The highest BCUT2D eigenvalue weighted by Crippen LogP contribution is 2.27. The normalized spacial score (nSPS) is 11.3. The van der Waals surface area contributed by atoms with E-state index >= 15 is 0 Å². The largest absolute Gasteiger partial charge is 0.337 e. The molecule has 0 unspecified atom stereocenters. The van der Waals surface area contributed by atoms with Crippen LogP contribution in [-0.2, 0) is 6.54 Å². The monoisotopic (exact) mass is 414 g/mol. The molecule has 2 heterocycles. The van der Waals surface area contributed by atoms with E-state index in [4.69, 9.17) is 11.6 Å². The molecule has 0 atom stereocenters. The Kier molecular flexibility index (Phi) is 4.69. The van der Waals surface area contributed by atoms with Gasteiger partial charge in [0.1, 0.15) is 10.6 Å². The van der Waals surface area contributed by atoms with Crippen LogP contribution in [0.4, 0.5) is 4.39 Å². The summed E-state index contributed by atoms with van der Waals surface area (Å²) >= 11 is 7.37. The summed E-state index contributed by atoms with van der Waals surface area (Å²) in [5, 5.41) is 1.05. The number of hydrogen-bond donors (Lipinski definition) is 0. The molecule has 0 aliphatic rings. The van der Waals surface area contributed by atoms with Gasteiger partial charge in [0.15, 0.2) is 0 Å². The predicted molar refractivity (Wildman–Crippen MR) is 112 cm³/mol. The molecule has 0 amide bonds. The zero-order valence-corrected chi connectivity index (χ0v) is 16.8. The third-order valence-corrected chi connectivity index (χ3v) is 6.27. The summed E-state index contributed by atoms with van der Waals surface area (Å²) in [4.78, 5) is 28.1. The van der Waals surface area contributed by atoms with Crippen LogP contribution in [-0.4, -0.2) is 9.13 Å². The van der Waals surface area contributed by atoms with Gasteiger partial charge in [-0.15, -0.1) is 11.3 Å². The smallest absolute Gasteiger partial charge is 0.280 e. The first-order valence-corrected chi connectivity index (χ1v) is 9.82. The number of hydrogen-bond acceptors (Lipinski definition) is 3. The molecule has 0 fully saturated rings. The molecule has 0 N–H and O–H groups in total. The maximum Gasteiger partial charge on any atom is 0.337 e. The lowest BCUT2D eigenvalue weighted by molar-refractivity contribution is 0.626. The summed E-state index contributed by atoms with van der Waals surface area (Å²) in [5.74, 6) is -0.338. The zero-order valence-electron chi connectivity index (χ0n) is 15.2. The summed E-state index contributed by atoms with van der Waals surface area (Å²) in [6.45, 7) is 4.05. The molecule has 142 valence electrons. The Labute approximate surface area is 169 Å². The van der Waals surface area contributed by atoms with Gasteiger partial charge >= 0.3 is 5.69 Å². The molecule has 0 spiro atoms. The summed E-state index contributed by atoms with van der Waals surface area (Å²) < 4.78 is 16.0. The van der Waals surface area contributed by atoms with E-state index in [-0.39, 0.29) is 17.9 Å². The molecule has 0 bridgehead atoms. The fourth-order valence-electron chi connectivity index (χ4n) is 3.19. The molecular weight excluding hydrogens is 399 g/mol. The quantitative estimate of drug-likeness (QED) is 0.489. The van der Waals surface area contributed by atoms with Crippen molar-refractivity contribution >= 4 is 33.2 Å². The molecule has 7 heteroatoms. The molecule has 28 heavy (non-hydrogen) atoms. The highest BCUT2D eigenvalue weighted by Gasteiger charge is 2.19. The van der Waals surface area contributed by atoms with Crippen LogP contribution in [0.5, 0.6) is 0 Å². The number of thiophene rings is 1. The highest BCUT2D eigenvalue weighted by atomic mass is 35.5. The van der Waals surface area contributed by atoms with E-state index in [2.05, 4.69) is 0 Å². The van der Waals surface area contributed by atoms with Gasteiger partial charge in [-0.25, -0.2) is 13.8 Å². The molecule has 0 aliphatic heterocycles. The first-order valence-electron chi connectivity index (χ1n) is 8.63. The van der Waals surface area contributed by atoms with Crippen molar-refractivity contribution < 1.29 is 4.39 Å². The van der Waals surface area contributed by atoms with Gasteiger partial charge in [-0.05, 0) is 61.4 Å².